The fraction of sp³-hybridized carbons (Fsp3) is 0.727. The van der Waals surface area contributed by atoms with Gasteiger partial charge in [-0.1, -0.05) is 0 Å². The Labute approximate surface area is 90.8 Å². The minimum absolute atomic E-state index is 0.575. The summed E-state index contributed by atoms with van der Waals surface area (Å²) < 4.78 is 2.12. The summed E-state index contributed by atoms with van der Waals surface area (Å²) in [5, 5.41) is 7.85. The molecule has 0 aliphatic carbocycles. The van der Waals surface area contributed by atoms with Gasteiger partial charge < -0.3 is 11.1 Å². The van der Waals surface area contributed by atoms with E-state index in [4.69, 9.17) is 5.73 Å². The molecule has 1 saturated heterocycles. The standard InChI is InChI=1S/C11H20N4/c12-5-3-10-8-14-15(9-10)11-2-1-6-13-7-4-11/h8-9,11,13H,1-7,12H2. The molecule has 1 unspecified atom stereocenters. The maximum atomic E-state index is 5.53. The van der Waals surface area contributed by atoms with E-state index in [-0.39, 0.29) is 0 Å². The van der Waals surface area contributed by atoms with Crippen molar-refractivity contribution >= 4 is 0 Å². The summed E-state index contributed by atoms with van der Waals surface area (Å²) in [5.74, 6) is 0. The fourth-order valence-electron chi connectivity index (χ4n) is 2.14. The van der Waals surface area contributed by atoms with Crippen molar-refractivity contribution in [3.63, 3.8) is 0 Å². The average Bonchev–Trinajstić information content (AvgIpc) is 2.53. The predicted molar refractivity (Wildman–Crippen MR) is 60.7 cm³/mol. The second-order valence-electron chi connectivity index (χ2n) is 4.20. The van der Waals surface area contributed by atoms with Crippen molar-refractivity contribution in [1.29, 1.82) is 0 Å². The number of hydrogen-bond acceptors (Lipinski definition) is 3. The Kier molecular flexibility index (Phi) is 3.75. The Morgan fingerprint density at radius 3 is 3.27 bits per heavy atom. The number of nitrogens with two attached hydrogens (primary N) is 1. The molecule has 0 bridgehead atoms. The van der Waals surface area contributed by atoms with E-state index in [1.165, 1.54) is 24.8 Å². The summed E-state index contributed by atoms with van der Waals surface area (Å²) in [6, 6.07) is 0.575. The van der Waals surface area contributed by atoms with Gasteiger partial charge in [-0.3, -0.25) is 4.68 Å². The van der Waals surface area contributed by atoms with Crippen molar-refractivity contribution < 1.29 is 0 Å². The van der Waals surface area contributed by atoms with Crippen molar-refractivity contribution in [2.45, 2.75) is 31.7 Å². The number of rotatable bonds is 3. The van der Waals surface area contributed by atoms with Gasteiger partial charge in [0.25, 0.3) is 0 Å². The first-order chi connectivity index (χ1) is 7.40. The van der Waals surface area contributed by atoms with Crippen LogP contribution in [0.2, 0.25) is 0 Å². The molecule has 0 saturated carbocycles. The number of nitrogens with one attached hydrogen (secondary N) is 1. The van der Waals surface area contributed by atoms with Crippen LogP contribution in [-0.4, -0.2) is 29.4 Å². The van der Waals surface area contributed by atoms with Crippen LogP contribution < -0.4 is 11.1 Å². The van der Waals surface area contributed by atoms with Crippen LogP contribution in [0.3, 0.4) is 0 Å². The highest BCUT2D eigenvalue weighted by molar-refractivity contribution is 5.05. The van der Waals surface area contributed by atoms with Gasteiger partial charge in [0, 0.05) is 6.20 Å². The molecule has 1 aromatic rings. The van der Waals surface area contributed by atoms with E-state index in [2.05, 4.69) is 21.3 Å². The summed E-state index contributed by atoms with van der Waals surface area (Å²) in [5.41, 5.74) is 6.79. The van der Waals surface area contributed by atoms with E-state index in [9.17, 15) is 0 Å². The molecule has 15 heavy (non-hydrogen) atoms. The van der Waals surface area contributed by atoms with Crippen LogP contribution in [0.1, 0.15) is 30.9 Å². The topological polar surface area (TPSA) is 55.9 Å². The van der Waals surface area contributed by atoms with Gasteiger partial charge in [-0.2, -0.15) is 5.10 Å². The molecule has 4 nitrogen and oxygen atoms in total. The summed E-state index contributed by atoms with van der Waals surface area (Å²) >= 11 is 0. The molecular weight excluding hydrogens is 188 g/mol. The third-order valence-corrected chi connectivity index (χ3v) is 3.01. The number of aromatic nitrogens is 2. The van der Waals surface area contributed by atoms with Crippen LogP contribution in [0.4, 0.5) is 0 Å². The van der Waals surface area contributed by atoms with E-state index in [1.54, 1.807) is 0 Å². The lowest BCUT2D eigenvalue weighted by molar-refractivity contribution is 0.414. The zero-order valence-electron chi connectivity index (χ0n) is 9.15. The Morgan fingerprint density at radius 2 is 2.40 bits per heavy atom. The van der Waals surface area contributed by atoms with Gasteiger partial charge in [0.2, 0.25) is 0 Å². The monoisotopic (exact) mass is 208 g/mol. The highest BCUT2D eigenvalue weighted by Gasteiger charge is 2.14. The lowest BCUT2D eigenvalue weighted by Crippen LogP contribution is -2.15. The molecule has 0 spiro atoms. The van der Waals surface area contributed by atoms with Crippen molar-refractivity contribution in [3.05, 3.63) is 18.0 Å². The van der Waals surface area contributed by atoms with Gasteiger partial charge in [0.1, 0.15) is 0 Å². The first-order valence-corrected chi connectivity index (χ1v) is 5.84. The van der Waals surface area contributed by atoms with Crippen LogP contribution >= 0.6 is 0 Å². The van der Waals surface area contributed by atoms with Crippen LogP contribution in [-0.2, 0) is 6.42 Å². The zero-order valence-corrected chi connectivity index (χ0v) is 9.15. The quantitative estimate of drug-likeness (QED) is 0.768. The van der Waals surface area contributed by atoms with Gasteiger partial charge >= 0.3 is 0 Å². The van der Waals surface area contributed by atoms with Crippen LogP contribution in [0.15, 0.2) is 12.4 Å². The highest BCUT2D eigenvalue weighted by atomic mass is 15.3. The molecule has 1 atom stereocenters. The van der Waals surface area contributed by atoms with Crippen molar-refractivity contribution in [1.82, 2.24) is 15.1 Å². The second kappa shape index (κ2) is 5.28. The Hall–Kier alpha value is -0.870. The summed E-state index contributed by atoms with van der Waals surface area (Å²) in [6.45, 7) is 2.96. The molecule has 2 rings (SSSR count). The molecule has 1 aromatic heterocycles. The van der Waals surface area contributed by atoms with Crippen LogP contribution in [0.5, 0.6) is 0 Å². The largest absolute Gasteiger partial charge is 0.330 e. The fourth-order valence-corrected chi connectivity index (χ4v) is 2.14. The zero-order chi connectivity index (χ0) is 10.5. The molecular formula is C11H20N4. The van der Waals surface area contributed by atoms with Crippen LogP contribution in [0, 0.1) is 0 Å². The van der Waals surface area contributed by atoms with Gasteiger partial charge in [-0.05, 0) is 50.9 Å². The first-order valence-electron chi connectivity index (χ1n) is 5.84. The minimum Gasteiger partial charge on any atom is -0.330 e. The summed E-state index contributed by atoms with van der Waals surface area (Å²) in [7, 11) is 0. The molecule has 0 aromatic carbocycles. The molecule has 1 fully saturated rings. The van der Waals surface area contributed by atoms with E-state index in [0.29, 0.717) is 12.6 Å². The molecule has 1 aliphatic rings. The molecule has 0 amide bonds. The Bertz CT molecular complexity index is 287. The molecule has 4 heteroatoms. The van der Waals surface area contributed by atoms with E-state index >= 15 is 0 Å². The van der Waals surface area contributed by atoms with Crippen molar-refractivity contribution in [2.75, 3.05) is 19.6 Å². The van der Waals surface area contributed by atoms with Gasteiger partial charge in [0.15, 0.2) is 0 Å². The summed E-state index contributed by atoms with van der Waals surface area (Å²) in [4.78, 5) is 0. The van der Waals surface area contributed by atoms with Gasteiger partial charge in [-0.15, -0.1) is 0 Å². The average molecular weight is 208 g/mol. The van der Waals surface area contributed by atoms with Gasteiger partial charge in [-0.25, -0.2) is 0 Å². The van der Waals surface area contributed by atoms with Crippen molar-refractivity contribution in [2.24, 2.45) is 5.73 Å². The highest BCUT2D eigenvalue weighted by Crippen LogP contribution is 2.19. The Morgan fingerprint density at radius 1 is 1.47 bits per heavy atom. The summed E-state index contributed by atoms with van der Waals surface area (Å²) in [6.07, 6.45) is 8.70. The molecule has 1 aliphatic heterocycles. The molecule has 3 N–H and O–H groups in total. The normalized spacial score (nSPS) is 22.6. The smallest absolute Gasteiger partial charge is 0.0531 e. The van der Waals surface area contributed by atoms with E-state index < -0.39 is 0 Å². The molecule has 2 heterocycles. The molecule has 84 valence electrons. The maximum absolute atomic E-state index is 5.53. The Balaban J connectivity index is 2.00. The molecule has 0 radical (unpaired) electrons. The number of hydrogen-bond donors (Lipinski definition) is 2. The number of nitrogens with zero attached hydrogens (tertiary/aromatic N) is 2. The van der Waals surface area contributed by atoms with Crippen molar-refractivity contribution in [3.8, 4) is 0 Å². The first kappa shape index (κ1) is 10.6. The minimum atomic E-state index is 0.575. The predicted octanol–water partition coefficient (Wildman–Crippen LogP) is 0.699. The van der Waals surface area contributed by atoms with E-state index in [0.717, 1.165) is 19.5 Å². The third-order valence-electron chi connectivity index (χ3n) is 3.01. The SMILES string of the molecule is NCCc1cnn(C2CCCNCC2)c1. The lowest BCUT2D eigenvalue weighted by atomic mass is 10.1. The second-order valence-corrected chi connectivity index (χ2v) is 4.20. The van der Waals surface area contributed by atoms with Crippen LogP contribution in [0.25, 0.3) is 0 Å². The van der Waals surface area contributed by atoms with E-state index in [1.807, 2.05) is 6.20 Å². The third kappa shape index (κ3) is 2.79. The maximum Gasteiger partial charge on any atom is 0.0531 e. The lowest BCUT2D eigenvalue weighted by Gasteiger charge is -2.13. The van der Waals surface area contributed by atoms with Gasteiger partial charge in [0.05, 0.1) is 12.2 Å².